The van der Waals surface area contributed by atoms with Gasteiger partial charge in [-0.2, -0.15) is 0 Å². The SMILES string of the molecule is CC(C)(C)Cc1ccc2cc3ccccc3c(CO)c2c1. The quantitative estimate of drug-likeness (QED) is 0.649. The van der Waals surface area contributed by atoms with Crippen LogP contribution in [0.15, 0.2) is 48.5 Å². The topological polar surface area (TPSA) is 20.2 Å². The van der Waals surface area contributed by atoms with Crippen molar-refractivity contribution >= 4 is 21.5 Å². The number of hydrogen-bond acceptors (Lipinski definition) is 1. The lowest BCUT2D eigenvalue weighted by Gasteiger charge is -2.19. The summed E-state index contributed by atoms with van der Waals surface area (Å²) in [6.45, 7) is 6.84. The molecule has 0 aliphatic rings. The van der Waals surface area contributed by atoms with Crippen molar-refractivity contribution in [1.82, 2.24) is 0 Å². The molecule has 1 heteroatoms. The van der Waals surface area contributed by atoms with Crippen molar-refractivity contribution in [2.45, 2.75) is 33.8 Å². The summed E-state index contributed by atoms with van der Waals surface area (Å²) in [5.74, 6) is 0. The Morgan fingerprint density at radius 2 is 1.57 bits per heavy atom. The number of aliphatic hydroxyl groups excluding tert-OH is 1. The van der Waals surface area contributed by atoms with Gasteiger partial charge in [0.25, 0.3) is 0 Å². The minimum absolute atomic E-state index is 0.0802. The molecule has 0 aliphatic carbocycles. The van der Waals surface area contributed by atoms with E-state index in [1.165, 1.54) is 21.7 Å². The molecule has 0 aromatic heterocycles. The van der Waals surface area contributed by atoms with Crippen LogP contribution in [0.25, 0.3) is 21.5 Å². The molecule has 0 spiro atoms. The first kappa shape index (κ1) is 14.1. The smallest absolute Gasteiger partial charge is 0.0693 e. The fourth-order valence-corrected chi connectivity index (χ4v) is 3.09. The highest BCUT2D eigenvalue weighted by Crippen LogP contribution is 2.31. The van der Waals surface area contributed by atoms with Crippen LogP contribution in [0.2, 0.25) is 0 Å². The van der Waals surface area contributed by atoms with Gasteiger partial charge in [-0.05, 0) is 50.6 Å². The monoisotopic (exact) mass is 278 g/mol. The van der Waals surface area contributed by atoms with Crippen LogP contribution in [0.3, 0.4) is 0 Å². The third-order valence-electron chi connectivity index (χ3n) is 3.93. The molecule has 0 atom stereocenters. The standard InChI is InChI=1S/C20H22O/c1-20(2,3)12-14-8-9-16-11-15-6-4-5-7-17(15)19(13-21)18(16)10-14/h4-11,21H,12-13H2,1-3H3. The summed E-state index contributed by atoms with van der Waals surface area (Å²) in [5.41, 5.74) is 2.64. The summed E-state index contributed by atoms with van der Waals surface area (Å²) in [7, 11) is 0. The van der Waals surface area contributed by atoms with Gasteiger partial charge in [-0.15, -0.1) is 0 Å². The van der Waals surface area contributed by atoms with E-state index >= 15 is 0 Å². The highest BCUT2D eigenvalue weighted by Gasteiger charge is 2.13. The molecule has 0 heterocycles. The first-order chi connectivity index (χ1) is 9.98. The van der Waals surface area contributed by atoms with E-state index in [0.29, 0.717) is 0 Å². The van der Waals surface area contributed by atoms with E-state index in [1.807, 2.05) is 12.1 Å². The molecule has 0 fully saturated rings. The molecule has 0 saturated heterocycles. The molecule has 1 N–H and O–H groups in total. The number of aliphatic hydroxyl groups is 1. The fraction of sp³-hybridized carbons (Fsp3) is 0.300. The maximum Gasteiger partial charge on any atom is 0.0693 e. The average Bonchev–Trinajstić information content (AvgIpc) is 2.43. The molecule has 0 amide bonds. The second kappa shape index (κ2) is 5.16. The van der Waals surface area contributed by atoms with E-state index in [2.05, 4.69) is 57.2 Å². The normalized spacial score (nSPS) is 12.2. The summed E-state index contributed by atoms with van der Waals surface area (Å²) >= 11 is 0. The zero-order valence-electron chi connectivity index (χ0n) is 13.0. The molecule has 108 valence electrons. The number of benzene rings is 3. The zero-order valence-corrected chi connectivity index (χ0v) is 13.0. The molecular formula is C20H22O. The molecule has 3 rings (SSSR count). The van der Waals surface area contributed by atoms with E-state index in [0.717, 1.165) is 17.4 Å². The lowest BCUT2D eigenvalue weighted by molar-refractivity contribution is 0.285. The molecule has 0 aliphatic heterocycles. The van der Waals surface area contributed by atoms with Crippen LogP contribution >= 0.6 is 0 Å². The van der Waals surface area contributed by atoms with Crippen molar-refractivity contribution < 1.29 is 5.11 Å². The van der Waals surface area contributed by atoms with Crippen LogP contribution in [0, 0.1) is 5.41 Å². The highest BCUT2D eigenvalue weighted by atomic mass is 16.3. The third kappa shape index (κ3) is 2.79. The lowest BCUT2D eigenvalue weighted by atomic mass is 9.86. The van der Waals surface area contributed by atoms with Crippen molar-refractivity contribution in [3.05, 3.63) is 59.7 Å². The average molecular weight is 278 g/mol. The Labute approximate surface area is 126 Å². The summed E-state index contributed by atoms with van der Waals surface area (Å²) in [6, 6.07) is 17.1. The van der Waals surface area contributed by atoms with Gasteiger partial charge >= 0.3 is 0 Å². The number of hydrogen-bond donors (Lipinski definition) is 1. The van der Waals surface area contributed by atoms with E-state index in [9.17, 15) is 5.11 Å². The Hall–Kier alpha value is -1.86. The largest absolute Gasteiger partial charge is 0.392 e. The van der Waals surface area contributed by atoms with Crippen LogP contribution in [0.1, 0.15) is 31.9 Å². The summed E-state index contributed by atoms with van der Waals surface area (Å²) in [5, 5.41) is 14.6. The molecule has 3 aromatic rings. The Morgan fingerprint density at radius 3 is 2.29 bits per heavy atom. The lowest BCUT2D eigenvalue weighted by Crippen LogP contribution is -2.09. The number of rotatable bonds is 2. The van der Waals surface area contributed by atoms with Crippen molar-refractivity contribution in [2.24, 2.45) is 5.41 Å². The van der Waals surface area contributed by atoms with Gasteiger partial charge in [0.15, 0.2) is 0 Å². The first-order valence-electron chi connectivity index (χ1n) is 7.52. The van der Waals surface area contributed by atoms with E-state index in [1.54, 1.807) is 0 Å². The third-order valence-corrected chi connectivity index (χ3v) is 3.93. The van der Waals surface area contributed by atoms with Crippen molar-refractivity contribution in [1.29, 1.82) is 0 Å². The molecule has 0 bridgehead atoms. The molecule has 3 aromatic carbocycles. The molecular weight excluding hydrogens is 256 g/mol. The van der Waals surface area contributed by atoms with E-state index in [-0.39, 0.29) is 12.0 Å². The second-order valence-corrected chi connectivity index (χ2v) is 7.03. The van der Waals surface area contributed by atoms with Gasteiger partial charge in [-0.1, -0.05) is 63.2 Å². The van der Waals surface area contributed by atoms with E-state index < -0.39 is 0 Å². The van der Waals surface area contributed by atoms with Gasteiger partial charge < -0.3 is 5.11 Å². The fourth-order valence-electron chi connectivity index (χ4n) is 3.09. The predicted octanol–water partition coefficient (Wildman–Crippen LogP) is 5.07. The molecule has 0 radical (unpaired) electrons. The zero-order chi connectivity index (χ0) is 15.0. The van der Waals surface area contributed by atoms with Gasteiger partial charge in [0.1, 0.15) is 0 Å². The van der Waals surface area contributed by atoms with Crippen LogP contribution in [-0.2, 0) is 13.0 Å². The molecule has 1 nitrogen and oxygen atoms in total. The summed E-state index contributed by atoms with van der Waals surface area (Å²) in [4.78, 5) is 0. The van der Waals surface area contributed by atoms with Gasteiger partial charge in [0.2, 0.25) is 0 Å². The van der Waals surface area contributed by atoms with Crippen LogP contribution in [-0.4, -0.2) is 5.11 Å². The Balaban J connectivity index is 2.26. The maximum atomic E-state index is 9.86. The molecule has 0 unspecified atom stereocenters. The predicted molar refractivity (Wildman–Crippen MR) is 90.5 cm³/mol. The van der Waals surface area contributed by atoms with Crippen LogP contribution in [0.5, 0.6) is 0 Å². The first-order valence-corrected chi connectivity index (χ1v) is 7.52. The van der Waals surface area contributed by atoms with Gasteiger partial charge in [0.05, 0.1) is 6.61 Å². The molecule has 0 saturated carbocycles. The minimum Gasteiger partial charge on any atom is -0.392 e. The van der Waals surface area contributed by atoms with Crippen molar-refractivity contribution in [2.75, 3.05) is 0 Å². The van der Waals surface area contributed by atoms with Crippen molar-refractivity contribution in [3.8, 4) is 0 Å². The minimum atomic E-state index is 0.0802. The second-order valence-electron chi connectivity index (χ2n) is 7.03. The molecule has 21 heavy (non-hydrogen) atoms. The number of fused-ring (bicyclic) bond motifs is 2. The highest BCUT2D eigenvalue weighted by molar-refractivity contribution is 6.02. The Kier molecular flexibility index (Phi) is 3.46. The van der Waals surface area contributed by atoms with Crippen molar-refractivity contribution in [3.63, 3.8) is 0 Å². The van der Waals surface area contributed by atoms with Gasteiger partial charge in [-0.3, -0.25) is 0 Å². The van der Waals surface area contributed by atoms with Gasteiger partial charge in [-0.25, -0.2) is 0 Å². The maximum absolute atomic E-state index is 9.86. The Bertz CT molecular complexity index is 794. The summed E-state index contributed by atoms with van der Waals surface area (Å²) < 4.78 is 0. The van der Waals surface area contributed by atoms with Crippen LogP contribution < -0.4 is 0 Å². The van der Waals surface area contributed by atoms with Gasteiger partial charge in [0, 0.05) is 0 Å². The Morgan fingerprint density at radius 1 is 0.857 bits per heavy atom. The van der Waals surface area contributed by atoms with E-state index in [4.69, 9.17) is 0 Å². The van der Waals surface area contributed by atoms with Crippen LogP contribution in [0.4, 0.5) is 0 Å². The summed E-state index contributed by atoms with van der Waals surface area (Å²) in [6.07, 6.45) is 1.04.